The Bertz CT molecular complexity index is 75.0. The molecule has 0 unspecified atom stereocenters. The second kappa shape index (κ2) is 1.90. The largest absolute Gasteiger partial charge is 0.339 e. The molecule has 0 aromatic heterocycles. The average Bonchev–Trinajstić information content (AvgIpc) is 1.69. The Hall–Kier alpha value is -0.610. The molecule has 40 valence electrons. The van der Waals surface area contributed by atoms with E-state index in [0.717, 1.165) is 0 Å². The molecular weight excluding hydrogens is 96.0 g/mol. The summed E-state index contributed by atoms with van der Waals surface area (Å²) in [6.07, 6.45) is 0. The van der Waals surface area contributed by atoms with Gasteiger partial charge >= 0.3 is 0 Å². The highest BCUT2D eigenvalue weighted by Gasteiger charge is 2.03. The van der Waals surface area contributed by atoms with Crippen molar-refractivity contribution >= 4 is 5.91 Å². The molecule has 1 amide bonds. The highest BCUT2D eigenvalue weighted by atomic mass is 16.7. The normalized spacial score (nSPS) is 21.4. The van der Waals surface area contributed by atoms with Crippen LogP contribution in [0.15, 0.2) is 0 Å². The lowest BCUT2D eigenvalue weighted by Gasteiger charge is -2.11. The van der Waals surface area contributed by atoms with Gasteiger partial charge in [-0.3, -0.25) is 9.63 Å². The summed E-state index contributed by atoms with van der Waals surface area (Å²) in [6, 6.07) is 0. The van der Waals surface area contributed by atoms with E-state index in [1.807, 2.05) is 0 Å². The predicted octanol–water partition coefficient (Wildman–Crippen LogP) is -1.41. The zero-order valence-electron chi connectivity index (χ0n) is 3.73. The van der Waals surface area contributed by atoms with E-state index in [1.54, 1.807) is 0 Å². The monoisotopic (exact) mass is 102 g/mol. The van der Waals surface area contributed by atoms with E-state index in [1.165, 1.54) is 0 Å². The molecule has 1 saturated heterocycles. The maximum Gasteiger partial charge on any atom is 0.249 e. The van der Waals surface area contributed by atoms with Crippen LogP contribution in [0.4, 0.5) is 0 Å². The van der Waals surface area contributed by atoms with Gasteiger partial charge in [0.1, 0.15) is 6.61 Å². The summed E-state index contributed by atoms with van der Waals surface area (Å²) in [5.74, 6) is -0.0706. The van der Waals surface area contributed by atoms with Crippen molar-refractivity contribution in [2.75, 3.05) is 13.3 Å². The van der Waals surface area contributed by atoms with Crippen molar-refractivity contribution in [3.8, 4) is 0 Å². The molecule has 1 aliphatic rings. The third kappa shape index (κ3) is 1.13. The van der Waals surface area contributed by atoms with E-state index in [4.69, 9.17) is 0 Å². The van der Waals surface area contributed by atoms with E-state index in [2.05, 4.69) is 15.6 Å². The second-order valence-corrected chi connectivity index (χ2v) is 1.21. The van der Waals surface area contributed by atoms with Gasteiger partial charge in [-0.25, -0.2) is 0 Å². The Balaban J connectivity index is 2.25. The van der Waals surface area contributed by atoms with E-state index in [0.29, 0.717) is 6.67 Å². The van der Waals surface area contributed by atoms with Crippen molar-refractivity contribution in [2.45, 2.75) is 0 Å². The van der Waals surface area contributed by atoms with Gasteiger partial charge in [-0.1, -0.05) is 0 Å². The summed E-state index contributed by atoms with van der Waals surface area (Å²) in [6.45, 7) is 0.541. The number of hydrogen-bond acceptors (Lipinski definition) is 3. The molecule has 7 heavy (non-hydrogen) atoms. The molecule has 0 aromatic carbocycles. The number of hydroxylamine groups is 1. The fraction of sp³-hybridized carbons (Fsp3) is 0.667. The van der Waals surface area contributed by atoms with Crippen molar-refractivity contribution in [3.63, 3.8) is 0 Å². The van der Waals surface area contributed by atoms with E-state index >= 15 is 0 Å². The van der Waals surface area contributed by atoms with Gasteiger partial charge in [-0.2, -0.15) is 5.48 Å². The highest BCUT2D eigenvalue weighted by Crippen LogP contribution is 1.72. The van der Waals surface area contributed by atoms with Crippen LogP contribution in [0, 0.1) is 0 Å². The Morgan fingerprint density at radius 3 is 2.86 bits per heavy atom. The molecule has 1 fully saturated rings. The first-order valence-electron chi connectivity index (χ1n) is 2.01. The molecule has 0 bridgehead atoms. The van der Waals surface area contributed by atoms with Crippen molar-refractivity contribution in [3.05, 3.63) is 0 Å². The van der Waals surface area contributed by atoms with Crippen molar-refractivity contribution in [1.29, 1.82) is 0 Å². The number of amides is 1. The van der Waals surface area contributed by atoms with Crippen LogP contribution in [0.1, 0.15) is 0 Å². The molecule has 0 aromatic rings. The summed E-state index contributed by atoms with van der Waals surface area (Å²) in [5.41, 5.74) is 2.48. The lowest BCUT2D eigenvalue weighted by Crippen LogP contribution is -2.43. The van der Waals surface area contributed by atoms with Crippen LogP contribution in [-0.4, -0.2) is 19.2 Å². The van der Waals surface area contributed by atoms with Crippen LogP contribution < -0.4 is 10.8 Å². The van der Waals surface area contributed by atoms with Crippen LogP contribution in [0.3, 0.4) is 0 Å². The SMILES string of the molecule is O=C1CONCN1. The molecule has 0 aliphatic carbocycles. The van der Waals surface area contributed by atoms with Gasteiger partial charge in [0.25, 0.3) is 0 Å². The molecule has 1 heterocycles. The molecule has 4 nitrogen and oxygen atoms in total. The van der Waals surface area contributed by atoms with Crippen molar-refractivity contribution in [1.82, 2.24) is 10.8 Å². The number of rotatable bonds is 0. The fourth-order valence-corrected chi connectivity index (χ4v) is 0.353. The number of carbonyl (C=O) groups is 1. The Kier molecular flexibility index (Phi) is 1.24. The first kappa shape index (κ1) is 4.55. The van der Waals surface area contributed by atoms with E-state index < -0.39 is 0 Å². The molecule has 1 aliphatic heterocycles. The molecular formula is C3H6N2O2. The quantitative estimate of drug-likeness (QED) is 0.395. The Morgan fingerprint density at radius 2 is 2.57 bits per heavy atom. The molecule has 0 atom stereocenters. The predicted molar refractivity (Wildman–Crippen MR) is 22.1 cm³/mol. The zero-order chi connectivity index (χ0) is 5.11. The first-order valence-corrected chi connectivity index (χ1v) is 2.01. The fourth-order valence-electron chi connectivity index (χ4n) is 0.353. The van der Waals surface area contributed by atoms with Crippen LogP contribution >= 0.6 is 0 Å². The summed E-state index contributed by atoms with van der Waals surface area (Å²) in [7, 11) is 0. The molecule has 0 saturated carbocycles. The number of hydrogen-bond donors (Lipinski definition) is 2. The highest BCUT2D eigenvalue weighted by molar-refractivity contribution is 5.77. The maximum atomic E-state index is 10.2. The van der Waals surface area contributed by atoms with E-state index in [-0.39, 0.29) is 12.5 Å². The minimum Gasteiger partial charge on any atom is -0.339 e. The summed E-state index contributed by atoms with van der Waals surface area (Å²) in [5, 5.41) is 2.51. The summed E-state index contributed by atoms with van der Waals surface area (Å²) in [4.78, 5) is 14.7. The van der Waals surface area contributed by atoms with Crippen molar-refractivity contribution in [2.24, 2.45) is 0 Å². The summed E-state index contributed by atoms with van der Waals surface area (Å²) < 4.78 is 0. The van der Waals surface area contributed by atoms with Crippen LogP contribution in [-0.2, 0) is 9.63 Å². The van der Waals surface area contributed by atoms with Gasteiger partial charge in [0.15, 0.2) is 0 Å². The molecule has 4 heteroatoms. The van der Waals surface area contributed by atoms with Crippen LogP contribution in [0.5, 0.6) is 0 Å². The van der Waals surface area contributed by atoms with Gasteiger partial charge in [0.05, 0.1) is 6.67 Å². The molecule has 0 spiro atoms. The maximum absolute atomic E-state index is 10.2. The van der Waals surface area contributed by atoms with Gasteiger partial charge in [-0.15, -0.1) is 0 Å². The van der Waals surface area contributed by atoms with E-state index in [9.17, 15) is 4.79 Å². The Labute approximate surface area is 40.8 Å². The lowest BCUT2D eigenvalue weighted by atomic mass is 10.6. The number of carbonyl (C=O) groups excluding carboxylic acids is 1. The third-order valence-electron chi connectivity index (χ3n) is 0.663. The molecule has 0 radical (unpaired) electrons. The van der Waals surface area contributed by atoms with Crippen molar-refractivity contribution < 1.29 is 9.63 Å². The smallest absolute Gasteiger partial charge is 0.249 e. The molecule has 1 rings (SSSR count). The van der Waals surface area contributed by atoms with Gasteiger partial charge < -0.3 is 5.32 Å². The second-order valence-electron chi connectivity index (χ2n) is 1.21. The number of nitrogens with one attached hydrogen (secondary N) is 2. The van der Waals surface area contributed by atoms with Gasteiger partial charge in [-0.05, 0) is 0 Å². The van der Waals surface area contributed by atoms with Gasteiger partial charge in [0, 0.05) is 0 Å². The minimum absolute atomic E-state index is 0.0706. The zero-order valence-corrected chi connectivity index (χ0v) is 3.73. The first-order chi connectivity index (χ1) is 3.39. The summed E-state index contributed by atoms with van der Waals surface area (Å²) >= 11 is 0. The Morgan fingerprint density at radius 1 is 1.71 bits per heavy atom. The lowest BCUT2D eigenvalue weighted by molar-refractivity contribution is -0.134. The van der Waals surface area contributed by atoms with Crippen LogP contribution in [0.25, 0.3) is 0 Å². The van der Waals surface area contributed by atoms with Crippen LogP contribution in [0.2, 0.25) is 0 Å². The topological polar surface area (TPSA) is 50.4 Å². The van der Waals surface area contributed by atoms with Gasteiger partial charge in [0.2, 0.25) is 5.91 Å². The molecule has 2 N–H and O–H groups in total. The average molecular weight is 102 g/mol. The standard InChI is InChI=1S/C3H6N2O2/c6-3-1-7-5-2-4-3/h5H,1-2H2,(H,4,6). The third-order valence-corrected chi connectivity index (χ3v) is 0.663. The minimum atomic E-state index is -0.0706.